The van der Waals surface area contributed by atoms with Crippen LogP contribution in [0.3, 0.4) is 0 Å². The minimum Gasteiger partial charge on any atom is -0.437 e. The second-order valence-electron chi connectivity index (χ2n) is 8.88. The number of benzene rings is 2. The first-order chi connectivity index (χ1) is 17.4. The van der Waals surface area contributed by atoms with E-state index in [1.807, 2.05) is 36.4 Å². The largest absolute Gasteiger partial charge is 0.437 e. The lowest BCUT2D eigenvalue weighted by atomic mass is 10.0. The van der Waals surface area contributed by atoms with Crippen molar-refractivity contribution in [3.05, 3.63) is 66.2 Å². The van der Waals surface area contributed by atoms with Gasteiger partial charge in [-0.25, -0.2) is 19.3 Å². The molecule has 0 radical (unpaired) electrons. The zero-order chi connectivity index (χ0) is 25.2. The van der Waals surface area contributed by atoms with E-state index in [1.54, 1.807) is 0 Å². The monoisotopic (exact) mass is 506 g/mol. The lowest BCUT2D eigenvalue weighted by molar-refractivity contribution is -0.114. The molecule has 0 unspecified atom stereocenters. The summed E-state index contributed by atoms with van der Waals surface area (Å²) in [5.41, 5.74) is 1.77. The Bertz CT molecular complexity index is 1380. The molecular formula is C26H27FN6O2S. The number of nitrogens with zero attached hydrogens (tertiary/aromatic N) is 5. The fourth-order valence-electron chi connectivity index (χ4n) is 4.50. The van der Waals surface area contributed by atoms with Crippen molar-refractivity contribution in [1.29, 1.82) is 0 Å². The van der Waals surface area contributed by atoms with E-state index < -0.39 is 0 Å². The van der Waals surface area contributed by atoms with E-state index in [0.29, 0.717) is 22.3 Å². The molecule has 2 aromatic carbocycles. The predicted octanol–water partition coefficient (Wildman–Crippen LogP) is 5.25. The van der Waals surface area contributed by atoms with Gasteiger partial charge in [0.1, 0.15) is 23.5 Å². The molecule has 1 N–H and O–H groups in total. The van der Waals surface area contributed by atoms with Gasteiger partial charge in [0.25, 0.3) is 0 Å². The van der Waals surface area contributed by atoms with Gasteiger partial charge in [-0.05, 0) is 43.7 Å². The Morgan fingerprint density at radius 1 is 1.19 bits per heavy atom. The number of anilines is 2. The topological polar surface area (TPSA) is 83.5 Å². The first kappa shape index (κ1) is 24.1. The fourth-order valence-corrected chi connectivity index (χ4v) is 5.42. The predicted molar refractivity (Wildman–Crippen MR) is 139 cm³/mol. The maximum Gasteiger partial charge on any atom is 0.224 e. The molecule has 36 heavy (non-hydrogen) atoms. The van der Waals surface area contributed by atoms with Crippen LogP contribution in [0.15, 0.2) is 54.9 Å². The van der Waals surface area contributed by atoms with Gasteiger partial charge < -0.3 is 15.0 Å². The quantitative estimate of drug-likeness (QED) is 0.383. The number of nitrogens with one attached hydrogen (secondary N) is 1. The van der Waals surface area contributed by atoms with Gasteiger partial charge in [0, 0.05) is 44.7 Å². The Kier molecular flexibility index (Phi) is 6.80. The Morgan fingerprint density at radius 3 is 2.75 bits per heavy atom. The second kappa shape index (κ2) is 10.2. The zero-order valence-corrected chi connectivity index (χ0v) is 21.1. The highest BCUT2D eigenvalue weighted by molar-refractivity contribution is 7.22. The van der Waals surface area contributed by atoms with Crippen LogP contribution in [0.2, 0.25) is 0 Å². The number of hydrogen-bond acceptors (Lipinski definition) is 8. The highest BCUT2D eigenvalue weighted by Crippen LogP contribution is 2.35. The highest BCUT2D eigenvalue weighted by Gasteiger charge is 2.28. The SMILES string of the molecule is CC(=O)Nc1nc2c(Oc3cc(N4CCN([C@H](C)c5ccc(F)cc5)C[C@H]4C)ncn3)cccc2s1. The summed E-state index contributed by atoms with van der Waals surface area (Å²) >= 11 is 1.39. The molecule has 3 heterocycles. The minimum absolute atomic E-state index is 0.168. The van der Waals surface area contributed by atoms with Crippen LogP contribution in [0.1, 0.15) is 32.4 Å². The number of amides is 1. The fraction of sp³-hybridized carbons (Fsp3) is 0.308. The molecule has 1 aliphatic rings. The van der Waals surface area contributed by atoms with E-state index in [2.05, 4.69) is 43.9 Å². The van der Waals surface area contributed by atoms with E-state index in [4.69, 9.17) is 4.74 Å². The molecule has 1 amide bonds. The summed E-state index contributed by atoms with van der Waals surface area (Å²) in [6.45, 7) is 8.28. The van der Waals surface area contributed by atoms with Crippen molar-refractivity contribution in [1.82, 2.24) is 19.9 Å². The number of para-hydroxylation sites is 1. The third kappa shape index (κ3) is 5.14. The molecule has 1 saturated heterocycles. The summed E-state index contributed by atoms with van der Waals surface area (Å²) in [7, 11) is 0. The molecule has 1 aliphatic heterocycles. The molecule has 0 spiro atoms. The van der Waals surface area contributed by atoms with Crippen molar-refractivity contribution in [2.75, 3.05) is 29.9 Å². The number of halogens is 1. The molecule has 8 nitrogen and oxygen atoms in total. The molecule has 2 atom stereocenters. The van der Waals surface area contributed by atoms with E-state index in [-0.39, 0.29) is 23.8 Å². The second-order valence-corrected chi connectivity index (χ2v) is 9.92. The molecule has 0 saturated carbocycles. The third-order valence-electron chi connectivity index (χ3n) is 6.36. The standard InChI is InChI=1S/C26H27FN6O2S/c1-16-14-32(17(2)19-7-9-20(27)10-8-19)11-12-33(16)23-13-24(29-15-28-23)35-21-5-4-6-22-25(21)31-26(36-22)30-18(3)34/h4-10,13,15-17H,11-12,14H2,1-3H3,(H,30,31,34)/t16-,17-/m1/s1. The lowest BCUT2D eigenvalue weighted by Gasteiger charge is -2.43. The van der Waals surface area contributed by atoms with Crippen molar-refractivity contribution >= 4 is 38.4 Å². The van der Waals surface area contributed by atoms with E-state index in [1.165, 1.54) is 36.7 Å². The van der Waals surface area contributed by atoms with E-state index >= 15 is 0 Å². The van der Waals surface area contributed by atoms with Crippen molar-refractivity contribution in [3.8, 4) is 11.6 Å². The summed E-state index contributed by atoms with van der Waals surface area (Å²) in [6.07, 6.45) is 1.51. The molecular weight excluding hydrogens is 479 g/mol. The van der Waals surface area contributed by atoms with E-state index in [9.17, 15) is 9.18 Å². The summed E-state index contributed by atoms with van der Waals surface area (Å²) in [5, 5.41) is 3.25. The number of carbonyl (C=O) groups excluding carboxylic acids is 1. The van der Waals surface area contributed by atoms with Crippen molar-refractivity contribution in [2.24, 2.45) is 0 Å². The molecule has 1 fully saturated rings. The number of thiazole rings is 1. The average Bonchev–Trinajstić information content (AvgIpc) is 3.27. The van der Waals surface area contributed by atoms with Gasteiger partial charge in [0.05, 0.1) is 4.70 Å². The highest BCUT2D eigenvalue weighted by atomic mass is 32.1. The van der Waals surface area contributed by atoms with Crippen LogP contribution in [0.4, 0.5) is 15.3 Å². The number of piperazine rings is 1. The Balaban J connectivity index is 1.30. The summed E-state index contributed by atoms with van der Waals surface area (Å²) < 4.78 is 20.4. The summed E-state index contributed by atoms with van der Waals surface area (Å²) in [5.74, 6) is 1.40. The average molecular weight is 507 g/mol. The Hall–Kier alpha value is -3.63. The molecule has 10 heteroatoms. The molecule has 186 valence electrons. The van der Waals surface area contributed by atoms with Crippen LogP contribution in [0.25, 0.3) is 10.2 Å². The number of hydrogen-bond donors (Lipinski definition) is 1. The maximum absolute atomic E-state index is 13.3. The van der Waals surface area contributed by atoms with E-state index in [0.717, 1.165) is 35.7 Å². The summed E-state index contributed by atoms with van der Waals surface area (Å²) in [4.78, 5) is 29.4. The van der Waals surface area contributed by atoms with Gasteiger partial charge in [0.2, 0.25) is 11.8 Å². The molecule has 5 rings (SSSR count). The van der Waals surface area contributed by atoms with Crippen LogP contribution < -0.4 is 15.0 Å². The van der Waals surface area contributed by atoms with Crippen molar-refractivity contribution in [3.63, 3.8) is 0 Å². The Labute approximate surface area is 212 Å². The number of carbonyl (C=O) groups is 1. The number of rotatable bonds is 6. The third-order valence-corrected chi connectivity index (χ3v) is 7.30. The molecule has 4 aromatic rings. The van der Waals surface area contributed by atoms with Crippen molar-refractivity contribution in [2.45, 2.75) is 32.9 Å². The summed E-state index contributed by atoms with van der Waals surface area (Å²) in [6, 6.07) is 14.6. The van der Waals surface area contributed by atoms with Gasteiger partial charge in [0.15, 0.2) is 10.9 Å². The first-order valence-electron chi connectivity index (χ1n) is 11.8. The minimum atomic E-state index is -0.217. The first-order valence-corrected chi connectivity index (χ1v) is 12.6. The maximum atomic E-state index is 13.3. The van der Waals surface area contributed by atoms with Crippen LogP contribution >= 0.6 is 11.3 Å². The van der Waals surface area contributed by atoms with Gasteiger partial charge in [-0.15, -0.1) is 0 Å². The number of fused-ring (bicyclic) bond motifs is 1. The Morgan fingerprint density at radius 2 is 2.00 bits per heavy atom. The number of aromatic nitrogens is 3. The smallest absolute Gasteiger partial charge is 0.224 e. The van der Waals surface area contributed by atoms with Gasteiger partial charge in [-0.3, -0.25) is 9.69 Å². The lowest BCUT2D eigenvalue weighted by Crippen LogP contribution is -2.52. The van der Waals surface area contributed by atoms with Crippen LogP contribution in [-0.4, -0.2) is 51.4 Å². The normalized spacial score (nSPS) is 17.2. The van der Waals surface area contributed by atoms with Gasteiger partial charge in [-0.2, -0.15) is 0 Å². The van der Waals surface area contributed by atoms with Crippen molar-refractivity contribution < 1.29 is 13.9 Å². The zero-order valence-electron chi connectivity index (χ0n) is 20.3. The molecule has 0 aliphatic carbocycles. The number of ether oxygens (including phenoxy) is 1. The van der Waals surface area contributed by atoms with Gasteiger partial charge in [-0.1, -0.05) is 29.5 Å². The van der Waals surface area contributed by atoms with Gasteiger partial charge >= 0.3 is 0 Å². The van der Waals surface area contributed by atoms with Crippen LogP contribution in [-0.2, 0) is 4.79 Å². The molecule has 2 aromatic heterocycles. The van der Waals surface area contributed by atoms with Crippen LogP contribution in [0, 0.1) is 5.82 Å². The van der Waals surface area contributed by atoms with Crippen LogP contribution in [0.5, 0.6) is 11.6 Å². The molecule has 0 bridgehead atoms.